The van der Waals surface area contributed by atoms with E-state index >= 15 is 0 Å². The van der Waals surface area contributed by atoms with Gasteiger partial charge >= 0.3 is 0 Å². The van der Waals surface area contributed by atoms with E-state index in [9.17, 15) is 0 Å². The smallest absolute Gasteiger partial charge is 0.121 e. The van der Waals surface area contributed by atoms with Gasteiger partial charge in [0.1, 0.15) is 11.0 Å². The second-order valence-electron chi connectivity index (χ2n) is 10.2. The van der Waals surface area contributed by atoms with E-state index in [1.807, 2.05) is 31.2 Å². The van der Waals surface area contributed by atoms with E-state index in [4.69, 9.17) is 10.2 Å². The fourth-order valence-corrected chi connectivity index (χ4v) is 5.71. The number of benzene rings is 6. The van der Waals surface area contributed by atoms with Gasteiger partial charge in [0.25, 0.3) is 0 Å². The summed E-state index contributed by atoms with van der Waals surface area (Å²) in [4.78, 5) is 5.70. The summed E-state index contributed by atoms with van der Waals surface area (Å²) in [6.45, 7) is 5.61. The standard InChI is InChI=1S/C38H28N4/c1-3-10-30(25-39-2)29-13-8-14-31(23-29)42-40-37-24-36(34-16-6-7-17-35(34)38(37)41-42)28-21-19-27(20-22-28)33-18-9-12-26-11-4-5-15-32(26)33/h3-25H,2H2,1H3/b10-3-,30-25+. The average Bonchev–Trinajstić information content (AvgIpc) is 3.49. The van der Waals surface area contributed by atoms with Gasteiger partial charge in [-0.05, 0) is 81.4 Å². The van der Waals surface area contributed by atoms with Crippen molar-refractivity contribution in [1.82, 2.24) is 15.0 Å². The Balaban J connectivity index is 1.33. The van der Waals surface area contributed by atoms with Crippen LogP contribution in [0, 0.1) is 0 Å². The first-order valence-electron chi connectivity index (χ1n) is 14.0. The van der Waals surface area contributed by atoms with Crippen LogP contribution in [0.3, 0.4) is 0 Å². The average molecular weight is 541 g/mol. The van der Waals surface area contributed by atoms with Gasteiger partial charge in [0.15, 0.2) is 0 Å². The van der Waals surface area contributed by atoms with E-state index in [1.54, 1.807) is 11.0 Å². The minimum atomic E-state index is 0.851. The van der Waals surface area contributed by atoms with E-state index in [0.717, 1.165) is 49.8 Å². The maximum Gasteiger partial charge on any atom is 0.121 e. The van der Waals surface area contributed by atoms with E-state index in [0.29, 0.717) is 0 Å². The molecule has 1 heterocycles. The number of allylic oxidation sites excluding steroid dienone is 3. The normalized spacial score (nSPS) is 12.1. The first-order valence-corrected chi connectivity index (χ1v) is 14.0. The van der Waals surface area contributed by atoms with Crippen LogP contribution in [0.15, 0.2) is 145 Å². The molecule has 42 heavy (non-hydrogen) atoms. The third kappa shape index (κ3) is 4.49. The van der Waals surface area contributed by atoms with E-state index in [1.165, 1.54) is 21.9 Å². The summed E-state index contributed by atoms with van der Waals surface area (Å²) in [5, 5.41) is 14.6. The lowest BCUT2D eigenvalue weighted by molar-refractivity contribution is 0.766. The van der Waals surface area contributed by atoms with Crippen LogP contribution in [0.2, 0.25) is 0 Å². The van der Waals surface area contributed by atoms with Crippen molar-refractivity contribution in [3.63, 3.8) is 0 Å². The first-order chi connectivity index (χ1) is 20.7. The first kappa shape index (κ1) is 25.4. The van der Waals surface area contributed by atoms with Crippen molar-refractivity contribution in [3.05, 3.63) is 145 Å². The second kappa shape index (κ2) is 10.8. The molecule has 0 spiro atoms. The van der Waals surface area contributed by atoms with Crippen molar-refractivity contribution < 1.29 is 0 Å². The second-order valence-corrected chi connectivity index (χ2v) is 10.2. The van der Waals surface area contributed by atoms with Crippen LogP contribution >= 0.6 is 0 Å². The van der Waals surface area contributed by atoms with Gasteiger partial charge in [0.2, 0.25) is 0 Å². The molecule has 0 aliphatic rings. The number of hydrogen-bond donors (Lipinski definition) is 0. The third-order valence-electron chi connectivity index (χ3n) is 7.68. The largest absolute Gasteiger partial charge is 0.272 e. The van der Waals surface area contributed by atoms with Gasteiger partial charge in [-0.1, -0.05) is 115 Å². The van der Waals surface area contributed by atoms with Crippen LogP contribution in [-0.4, -0.2) is 21.7 Å². The Labute approximate surface area is 244 Å². The Morgan fingerprint density at radius 1 is 0.690 bits per heavy atom. The topological polar surface area (TPSA) is 43.1 Å². The molecule has 6 aromatic carbocycles. The lowest BCUT2D eigenvalue weighted by Crippen LogP contribution is -1.99. The molecule has 200 valence electrons. The lowest BCUT2D eigenvalue weighted by atomic mass is 9.94. The molecule has 0 aliphatic carbocycles. The number of aromatic nitrogens is 3. The highest BCUT2D eigenvalue weighted by Crippen LogP contribution is 2.36. The van der Waals surface area contributed by atoms with Crippen molar-refractivity contribution in [2.75, 3.05) is 0 Å². The van der Waals surface area contributed by atoms with Crippen LogP contribution in [0.4, 0.5) is 0 Å². The van der Waals surface area contributed by atoms with Crippen molar-refractivity contribution in [3.8, 4) is 27.9 Å². The number of hydrogen-bond acceptors (Lipinski definition) is 3. The molecule has 0 fully saturated rings. The predicted molar refractivity (Wildman–Crippen MR) is 177 cm³/mol. The maximum atomic E-state index is 4.95. The Bertz CT molecular complexity index is 2160. The molecule has 0 N–H and O–H groups in total. The van der Waals surface area contributed by atoms with Gasteiger partial charge in [-0.2, -0.15) is 4.80 Å². The molecule has 0 unspecified atom stereocenters. The monoisotopic (exact) mass is 540 g/mol. The summed E-state index contributed by atoms with van der Waals surface area (Å²) in [7, 11) is 0. The van der Waals surface area contributed by atoms with Gasteiger partial charge in [-0.25, -0.2) is 0 Å². The Hall–Kier alpha value is -5.61. The minimum absolute atomic E-state index is 0.851. The predicted octanol–water partition coefficient (Wildman–Crippen LogP) is 9.68. The zero-order chi connectivity index (χ0) is 28.5. The quantitative estimate of drug-likeness (QED) is 0.156. The summed E-state index contributed by atoms with van der Waals surface area (Å²) in [6.07, 6.45) is 5.77. The summed E-state index contributed by atoms with van der Waals surface area (Å²) in [5.41, 5.74) is 9.33. The van der Waals surface area contributed by atoms with Gasteiger partial charge in [0, 0.05) is 11.6 Å². The molecule has 0 saturated carbocycles. The molecule has 0 saturated heterocycles. The van der Waals surface area contributed by atoms with Gasteiger partial charge in [0.05, 0.1) is 5.69 Å². The molecule has 7 aromatic rings. The molecule has 0 aliphatic heterocycles. The van der Waals surface area contributed by atoms with Crippen LogP contribution in [0.1, 0.15) is 12.5 Å². The van der Waals surface area contributed by atoms with Crippen molar-refractivity contribution in [1.29, 1.82) is 0 Å². The Morgan fingerprint density at radius 3 is 2.17 bits per heavy atom. The molecule has 0 amide bonds. The van der Waals surface area contributed by atoms with Crippen molar-refractivity contribution >= 4 is 44.9 Å². The van der Waals surface area contributed by atoms with E-state index < -0.39 is 0 Å². The van der Waals surface area contributed by atoms with Crippen molar-refractivity contribution in [2.45, 2.75) is 6.92 Å². The molecule has 0 radical (unpaired) electrons. The lowest BCUT2D eigenvalue weighted by Gasteiger charge is -2.10. The minimum Gasteiger partial charge on any atom is -0.272 e. The SMILES string of the molecule is C=N/C=C(\C=C/C)c1cccc(-n2nc3cc(-c4ccc(-c5cccc6ccccc56)cc4)c4ccccc4c3n2)c1. The third-order valence-corrected chi connectivity index (χ3v) is 7.68. The number of rotatable bonds is 6. The van der Waals surface area contributed by atoms with Gasteiger partial charge in [-0.15, -0.1) is 10.2 Å². The molecular weight excluding hydrogens is 512 g/mol. The highest BCUT2D eigenvalue weighted by molar-refractivity contribution is 6.11. The highest BCUT2D eigenvalue weighted by atomic mass is 15.5. The molecule has 4 nitrogen and oxygen atoms in total. The molecular formula is C38H28N4. The fraction of sp³-hybridized carbons (Fsp3) is 0.0263. The Morgan fingerprint density at radius 2 is 1.38 bits per heavy atom. The zero-order valence-corrected chi connectivity index (χ0v) is 23.3. The molecule has 1 aromatic heterocycles. The van der Waals surface area contributed by atoms with Gasteiger partial charge < -0.3 is 0 Å². The van der Waals surface area contributed by atoms with E-state index in [2.05, 4.69) is 121 Å². The van der Waals surface area contributed by atoms with Crippen LogP contribution < -0.4 is 0 Å². The van der Waals surface area contributed by atoms with Crippen molar-refractivity contribution in [2.24, 2.45) is 4.99 Å². The summed E-state index contributed by atoms with van der Waals surface area (Å²) in [5.74, 6) is 0. The summed E-state index contributed by atoms with van der Waals surface area (Å²) >= 11 is 0. The van der Waals surface area contributed by atoms with Crippen LogP contribution in [0.25, 0.3) is 66.1 Å². The highest BCUT2D eigenvalue weighted by Gasteiger charge is 2.14. The van der Waals surface area contributed by atoms with Crippen LogP contribution in [0.5, 0.6) is 0 Å². The zero-order valence-electron chi connectivity index (χ0n) is 23.3. The molecule has 7 rings (SSSR count). The maximum absolute atomic E-state index is 4.95. The number of nitrogens with zero attached hydrogens (tertiary/aromatic N) is 4. The summed E-state index contributed by atoms with van der Waals surface area (Å²) < 4.78 is 0. The van der Waals surface area contributed by atoms with Crippen LogP contribution in [-0.2, 0) is 0 Å². The number of aliphatic imine (C=N–C) groups is 1. The molecule has 0 atom stereocenters. The van der Waals surface area contributed by atoms with Gasteiger partial charge in [-0.3, -0.25) is 4.99 Å². The van der Waals surface area contributed by atoms with E-state index in [-0.39, 0.29) is 0 Å². The number of fused-ring (bicyclic) bond motifs is 4. The molecule has 0 bridgehead atoms. The summed E-state index contributed by atoms with van der Waals surface area (Å²) in [6, 6.07) is 42.6. The Kier molecular flexibility index (Phi) is 6.49. The fourth-order valence-electron chi connectivity index (χ4n) is 5.71. The molecule has 4 heteroatoms.